The lowest BCUT2D eigenvalue weighted by Gasteiger charge is -2.11. The predicted molar refractivity (Wildman–Crippen MR) is 107 cm³/mol. The average molecular weight is 398 g/mol. The van der Waals surface area contributed by atoms with Crippen LogP contribution in [0.3, 0.4) is 0 Å². The van der Waals surface area contributed by atoms with Crippen LogP contribution in [0.2, 0.25) is 0 Å². The first-order chi connectivity index (χ1) is 13.3. The Morgan fingerprint density at radius 3 is 2.36 bits per heavy atom. The van der Waals surface area contributed by atoms with Crippen LogP contribution in [0.4, 0.5) is 5.69 Å². The zero-order valence-electron chi connectivity index (χ0n) is 16.3. The summed E-state index contributed by atoms with van der Waals surface area (Å²) in [6.07, 6.45) is 0. The molecule has 0 fully saturated rings. The van der Waals surface area contributed by atoms with E-state index in [9.17, 15) is 9.90 Å². The van der Waals surface area contributed by atoms with Gasteiger partial charge in [-0.3, -0.25) is 4.79 Å². The maximum Gasteiger partial charge on any atom is 0.298 e. The Morgan fingerprint density at radius 2 is 1.75 bits per heavy atom. The number of aromatic nitrogens is 2. The molecular weight excluding hydrogens is 374 g/mol. The van der Waals surface area contributed by atoms with E-state index in [1.165, 1.54) is 10.2 Å². The van der Waals surface area contributed by atoms with Crippen LogP contribution >= 0.6 is 11.8 Å². The highest BCUT2D eigenvalue weighted by Gasteiger charge is 2.26. The first kappa shape index (κ1) is 19.9. The van der Waals surface area contributed by atoms with Gasteiger partial charge >= 0.3 is 0 Å². The number of aryl methyl sites for hydroxylation is 1. The third kappa shape index (κ3) is 4.54. The number of hydrogen-bond donors (Lipinski definition) is 1. The molecule has 6 nitrogen and oxygen atoms in total. The van der Waals surface area contributed by atoms with Crippen molar-refractivity contribution in [2.75, 3.05) is 5.32 Å². The van der Waals surface area contributed by atoms with Gasteiger partial charge in [-0.1, -0.05) is 43.7 Å². The van der Waals surface area contributed by atoms with E-state index in [0.29, 0.717) is 11.6 Å². The second kappa shape index (κ2) is 8.48. The van der Waals surface area contributed by atoms with E-state index in [1.807, 2.05) is 55.5 Å². The van der Waals surface area contributed by atoms with Gasteiger partial charge in [0.15, 0.2) is 5.95 Å². The van der Waals surface area contributed by atoms with Crippen molar-refractivity contribution in [1.29, 1.82) is 0 Å². The van der Waals surface area contributed by atoms with Crippen molar-refractivity contribution in [1.82, 2.24) is 5.27 Å². The van der Waals surface area contributed by atoms with Crippen molar-refractivity contribution in [2.24, 2.45) is 0 Å². The van der Waals surface area contributed by atoms with E-state index < -0.39 is 11.2 Å². The fraction of sp³-hybridized carbons (Fsp3) is 0.286. The van der Waals surface area contributed by atoms with E-state index in [2.05, 4.69) is 24.4 Å². The van der Waals surface area contributed by atoms with Gasteiger partial charge in [0.2, 0.25) is 11.6 Å². The molecule has 1 heterocycles. The maximum absolute atomic E-state index is 12.6. The average Bonchev–Trinajstić information content (AvgIpc) is 3.03. The third-order valence-corrected chi connectivity index (χ3v) is 5.48. The van der Waals surface area contributed by atoms with Gasteiger partial charge in [0, 0.05) is 17.8 Å². The Kier molecular flexibility index (Phi) is 6.04. The van der Waals surface area contributed by atoms with Crippen molar-refractivity contribution >= 4 is 23.4 Å². The van der Waals surface area contributed by atoms with E-state index in [0.717, 1.165) is 23.0 Å². The molecule has 3 rings (SSSR count). The van der Waals surface area contributed by atoms with Crippen molar-refractivity contribution < 1.29 is 19.1 Å². The van der Waals surface area contributed by atoms with Crippen molar-refractivity contribution in [3.05, 3.63) is 59.7 Å². The van der Waals surface area contributed by atoms with Gasteiger partial charge in [0.05, 0.1) is 10.5 Å². The lowest BCUT2D eigenvalue weighted by atomic mass is 10.0. The molecule has 0 aliphatic rings. The Balaban J connectivity index is 1.72. The monoisotopic (exact) mass is 397 g/mol. The molecule has 1 amide bonds. The number of nitrogens with one attached hydrogen (secondary N) is 1. The van der Waals surface area contributed by atoms with Crippen molar-refractivity contribution in [3.8, 4) is 11.6 Å². The van der Waals surface area contributed by atoms with Gasteiger partial charge in [0.25, 0.3) is 5.03 Å². The van der Waals surface area contributed by atoms with Crippen LogP contribution in [0, 0.1) is 6.92 Å². The van der Waals surface area contributed by atoms with Gasteiger partial charge in [-0.25, -0.2) is 0 Å². The fourth-order valence-corrected chi connectivity index (χ4v) is 3.48. The van der Waals surface area contributed by atoms with E-state index >= 15 is 0 Å². The van der Waals surface area contributed by atoms with Crippen LogP contribution in [0.1, 0.15) is 37.8 Å². The molecule has 0 saturated heterocycles. The molecular formula is C21H23N3O3S. The second-order valence-corrected chi connectivity index (χ2v) is 8.27. The number of anilines is 1. The minimum atomic E-state index is -0.563. The van der Waals surface area contributed by atoms with Crippen LogP contribution < -0.4 is 15.1 Å². The largest absolute Gasteiger partial charge is 0.538 e. The molecule has 0 radical (unpaired) electrons. The third-order valence-electron chi connectivity index (χ3n) is 4.35. The zero-order valence-corrected chi connectivity index (χ0v) is 17.1. The molecule has 0 bridgehead atoms. The van der Waals surface area contributed by atoms with Gasteiger partial charge in [0.1, 0.15) is 0 Å². The first-order valence-corrected chi connectivity index (χ1v) is 9.96. The molecule has 7 heteroatoms. The Hall–Kier alpha value is -2.80. The lowest BCUT2D eigenvalue weighted by Crippen LogP contribution is -2.36. The summed E-state index contributed by atoms with van der Waals surface area (Å²) in [6, 6.07) is 15.3. The highest BCUT2D eigenvalue weighted by atomic mass is 32.2. The predicted octanol–water partition coefficient (Wildman–Crippen LogP) is 3.58. The molecule has 1 unspecified atom stereocenters. The summed E-state index contributed by atoms with van der Waals surface area (Å²) in [4.78, 5) is 12.6. The topological polar surface area (TPSA) is 82.1 Å². The van der Waals surface area contributed by atoms with Gasteiger partial charge in [-0.05, 0) is 53.9 Å². The van der Waals surface area contributed by atoms with E-state index in [1.54, 1.807) is 6.92 Å². The molecule has 1 atom stereocenters. The first-order valence-electron chi connectivity index (χ1n) is 9.08. The summed E-state index contributed by atoms with van der Waals surface area (Å²) in [7, 11) is 0. The van der Waals surface area contributed by atoms with Crippen LogP contribution in [-0.2, 0) is 4.79 Å². The van der Waals surface area contributed by atoms with E-state index in [4.69, 9.17) is 4.52 Å². The molecule has 0 aliphatic carbocycles. The van der Waals surface area contributed by atoms with Gasteiger partial charge in [-0.2, -0.15) is 0 Å². The number of hydrogen-bond acceptors (Lipinski definition) is 5. The number of carbonyl (C=O) groups excluding carboxylic acids is 1. The quantitative estimate of drug-likeness (QED) is 0.508. The molecule has 0 aliphatic heterocycles. The summed E-state index contributed by atoms with van der Waals surface area (Å²) in [5.74, 6) is -0.328. The zero-order chi connectivity index (χ0) is 20.3. The second-order valence-electron chi connectivity index (χ2n) is 6.94. The molecule has 0 saturated carbocycles. The molecule has 1 N–H and O–H groups in total. The lowest BCUT2D eigenvalue weighted by molar-refractivity contribution is -0.705. The number of amides is 1. The van der Waals surface area contributed by atoms with E-state index in [-0.39, 0.29) is 10.9 Å². The van der Waals surface area contributed by atoms with Crippen LogP contribution in [-0.4, -0.2) is 16.4 Å². The molecule has 1 aromatic heterocycles. The summed E-state index contributed by atoms with van der Waals surface area (Å²) in [6.45, 7) is 7.96. The fourth-order valence-electron chi connectivity index (χ4n) is 2.61. The minimum absolute atomic E-state index is 0.196. The molecule has 0 spiro atoms. The number of thioether (sulfide) groups is 1. The molecule has 3 aromatic rings. The number of benzene rings is 2. The number of nitrogens with zero attached hydrogens (tertiary/aromatic N) is 2. The Labute approximate surface area is 168 Å². The normalized spacial score (nSPS) is 12.2. The Bertz CT molecular complexity index is 950. The van der Waals surface area contributed by atoms with Gasteiger partial charge < -0.3 is 14.9 Å². The molecule has 28 heavy (non-hydrogen) atoms. The highest BCUT2D eigenvalue weighted by Crippen LogP contribution is 2.28. The van der Waals surface area contributed by atoms with Crippen molar-refractivity contribution in [3.63, 3.8) is 0 Å². The smallest absolute Gasteiger partial charge is 0.298 e. The summed E-state index contributed by atoms with van der Waals surface area (Å²) in [5.41, 5.74) is 3.73. The summed E-state index contributed by atoms with van der Waals surface area (Å²) >= 11 is 1.12. The van der Waals surface area contributed by atoms with Crippen LogP contribution in [0.15, 0.2) is 58.1 Å². The summed E-state index contributed by atoms with van der Waals surface area (Å²) in [5, 5.41) is 18.6. The minimum Gasteiger partial charge on any atom is -0.538 e. The number of rotatable bonds is 6. The highest BCUT2D eigenvalue weighted by molar-refractivity contribution is 8.00. The number of carbonyl (C=O) groups is 1. The maximum atomic E-state index is 12.6. The van der Waals surface area contributed by atoms with Crippen LogP contribution in [0.25, 0.3) is 5.69 Å². The molecule has 146 valence electrons. The standard InChI is InChI=1S/C21H23N3O3S/c1-13(2)16-7-9-17(10-8-16)22-19(25)15(4)28-20-21(26)27-23-24(20)18-11-5-14(3)6-12-18/h5-13,15H,1-4H3,(H-,22,23,25,26). The Morgan fingerprint density at radius 1 is 1.11 bits per heavy atom. The van der Waals surface area contributed by atoms with Crippen molar-refractivity contribution in [2.45, 2.75) is 43.9 Å². The summed E-state index contributed by atoms with van der Waals surface area (Å²) < 4.78 is 6.24. The van der Waals surface area contributed by atoms with Gasteiger partial charge in [-0.15, -0.1) is 0 Å². The molecule has 2 aromatic carbocycles. The SMILES string of the molecule is Cc1ccc(-[n+]2noc([O-])c2SC(C)C(=O)Nc2ccc(C(C)C)cc2)cc1. The van der Waals surface area contributed by atoms with Crippen LogP contribution in [0.5, 0.6) is 5.95 Å².